The van der Waals surface area contributed by atoms with Crippen molar-refractivity contribution in [3.63, 3.8) is 0 Å². The lowest BCUT2D eigenvalue weighted by molar-refractivity contribution is -0.113. The number of carbonyl (C=O) groups is 1. The number of hydrogen-bond acceptors (Lipinski definition) is 7. The topological polar surface area (TPSA) is 83.6 Å². The molecule has 0 unspecified atom stereocenters. The van der Waals surface area contributed by atoms with Crippen LogP contribution in [0.5, 0.6) is 0 Å². The molecule has 0 atom stereocenters. The van der Waals surface area contributed by atoms with Gasteiger partial charge in [-0.05, 0) is 24.6 Å². The van der Waals surface area contributed by atoms with Crippen LogP contribution in [0.15, 0.2) is 40.4 Å². The van der Waals surface area contributed by atoms with Crippen molar-refractivity contribution < 1.29 is 4.79 Å². The molecule has 0 radical (unpaired) electrons. The molecule has 0 aliphatic carbocycles. The Morgan fingerprint density at radius 1 is 1.42 bits per heavy atom. The van der Waals surface area contributed by atoms with Gasteiger partial charge in [-0.2, -0.15) is 0 Å². The summed E-state index contributed by atoms with van der Waals surface area (Å²) >= 11 is 4.25. The minimum atomic E-state index is -0.131. The number of anilines is 1. The summed E-state index contributed by atoms with van der Waals surface area (Å²) in [4.78, 5) is 19.7. The molecule has 0 saturated heterocycles. The second kappa shape index (κ2) is 7.82. The molecule has 0 aliphatic rings. The quantitative estimate of drug-likeness (QED) is 0.371. The zero-order chi connectivity index (χ0) is 16.9. The van der Waals surface area contributed by atoms with Crippen LogP contribution >= 0.6 is 34.9 Å². The molecule has 3 aromatic rings. The average Bonchev–Trinajstić information content (AvgIpc) is 3.16. The van der Waals surface area contributed by atoms with Crippen LogP contribution in [0, 0.1) is 6.92 Å². The Morgan fingerprint density at radius 2 is 2.29 bits per heavy atom. The summed E-state index contributed by atoms with van der Waals surface area (Å²) < 4.78 is 0.811. The number of nitrogens with one attached hydrogen (secondary N) is 2. The van der Waals surface area contributed by atoms with Crippen LogP contribution in [0.2, 0.25) is 0 Å². The highest BCUT2D eigenvalue weighted by molar-refractivity contribution is 8.01. The molecule has 0 fully saturated rings. The van der Waals surface area contributed by atoms with E-state index < -0.39 is 0 Å². The van der Waals surface area contributed by atoms with Gasteiger partial charge in [0.1, 0.15) is 0 Å². The lowest BCUT2D eigenvalue weighted by atomic mass is 10.2. The number of amides is 1. The van der Waals surface area contributed by atoms with Gasteiger partial charge in [0.2, 0.25) is 11.0 Å². The third-order valence-corrected chi connectivity index (χ3v) is 5.77. The highest BCUT2D eigenvalue weighted by atomic mass is 32.2. The fourth-order valence-electron chi connectivity index (χ4n) is 1.91. The van der Waals surface area contributed by atoms with E-state index >= 15 is 0 Å². The molecule has 1 aromatic carbocycles. The minimum Gasteiger partial charge on any atom is -0.333 e. The third-order valence-electron chi connectivity index (χ3n) is 2.93. The Bertz CT molecular complexity index is 873. The van der Waals surface area contributed by atoms with E-state index in [-0.39, 0.29) is 11.7 Å². The molecule has 0 bridgehead atoms. The summed E-state index contributed by atoms with van der Waals surface area (Å²) in [6, 6.07) is 6.02. The zero-order valence-corrected chi connectivity index (χ0v) is 15.4. The molecule has 1 amide bonds. The molecule has 3 rings (SSSR count). The fourth-order valence-corrected chi connectivity index (χ4v) is 4.12. The van der Waals surface area contributed by atoms with Gasteiger partial charge in [-0.1, -0.05) is 47.0 Å². The molecule has 2 N–H and O–H groups in total. The van der Waals surface area contributed by atoms with Crippen molar-refractivity contribution in [3.8, 4) is 0 Å². The van der Waals surface area contributed by atoms with Gasteiger partial charge < -0.3 is 4.98 Å². The third kappa shape index (κ3) is 4.37. The fraction of sp³-hybridized carbons (Fsp3) is 0.200. The van der Waals surface area contributed by atoms with E-state index in [2.05, 4.69) is 32.1 Å². The van der Waals surface area contributed by atoms with Crippen LogP contribution in [0.3, 0.4) is 0 Å². The van der Waals surface area contributed by atoms with E-state index in [1.165, 1.54) is 40.4 Å². The molecule has 0 spiro atoms. The number of rotatable bonds is 7. The lowest BCUT2D eigenvalue weighted by Gasteiger charge is -1.98. The number of aromatic nitrogens is 4. The summed E-state index contributed by atoms with van der Waals surface area (Å²) in [5.41, 5.74) is 3.05. The molecular weight excluding hydrogens is 362 g/mol. The van der Waals surface area contributed by atoms with Crippen molar-refractivity contribution >= 4 is 56.9 Å². The van der Waals surface area contributed by atoms with Gasteiger partial charge in [-0.15, -0.1) is 16.8 Å². The Morgan fingerprint density at radius 3 is 3.12 bits per heavy atom. The number of aryl methyl sites for hydroxylation is 1. The van der Waals surface area contributed by atoms with Gasteiger partial charge in [-0.3, -0.25) is 10.1 Å². The van der Waals surface area contributed by atoms with Crippen molar-refractivity contribution in [1.29, 1.82) is 0 Å². The molecule has 0 saturated carbocycles. The summed E-state index contributed by atoms with van der Waals surface area (Å²) in [6.07, 6.45) is 1.80. The van der Waals surface area contributed by atoms with Gasteiger partial charge in [-0.25, -0.2) is 4.98 Å². The van der Waals surface area contributed by atoms with Gasteiger partial charge >= 0.3 is 0 Å². The van der Waals surface area contributed by atoms with E-state index in [9.17, 15) is 4.79 Å². The summed E-state index contributed by atoms with van der Waals surface area (Å²) in [7, 11) is 0. The number of aromatic amines is 1. The Hall–Kier alpha value is -1.84. The number of thioether (sulfide) groups is 2. The Kier molecular flexibility index (Phi) is 5.54. The standard InChI is InChI=1S/C15H15N5OS3/c1-3-6-22-15-20-19-14(24-15)18-12(21)8-23-13-16-10-5-4-9(2)7-11(10)17-13/h3-5,7H,1,6,8H2,2H3,(H,16,17)(H,18,19,21). The molecule has 6 nitrogen and oxygen atoms in total. The number of carbonyl (C=O) groups excluding carboxylic acids is 1. The van der Waals surface area contributed by atoms with E-state index in [1.807, 2.05) is 25.1 Å². The smallest absolute Gasteiger partial charge is 0.236 e. The number of imidazole rings is 1. The number of hydrogen-bond donors (Lipinski definition) is 2. The summed E-state index contributed by atoms with van der Waals surface area (Å²) in [6.45, 7) is 5.69. The minimum absolute atomic E-state index is 0.131. The highest BCUT2D eigenvalue weighted by Gasteiger charge is 2.10. The molecule has 2 heterocycles. The van der Waals surface area contributed by atoms with E-state index in [4.69, 9.17) is 0 Å². The first-order chi connectivity index (χ1) is 11.6. The van der Waals surface area contributed by atoms with E-state index in [0.717, 1.165) is 26.3 Å². The van der Waals surface area contributed by atoms with Crippen molar-refractivity contribution in [1.82, 2.24) is 20.2 Å². The Balaban J connectivity index is 1.54. The highest BCUT2D eigenvalue weighted by Crippen LogP contribution is 2.26. The van der Waals surface area contributed by atoms with Gasteiger partial charge in [0, 0.05) is 5.75 Å². The second-order valence-electron chi connectivity index (χ2n) is 4.87. The van der Waals surface area contributed by atoms with Crippen LogP contribution in [-0.4, -0.2) is 37.6 Å². The van der Waals surface area contributed by atoms with E-state index in [1.54, 1.807) is 6.08 Å². The van der Waals surface area contributed by atoms with Gasteiger partial charge in [0.05, 0.1) is 16.8 Å². The van der Waals surface area contributed by atoms with Gasteiger partial charge in [0.15, 0.2) is 9.50 Å². The SMILES string of the molecule is C=CCSc1nnc(NC(=O)CSc2nc3ccc(C)cc3[nH]2)s1. The number of fused-ring (bicyclic) bond motifs is 1. The predicted octanol–water partition coefficient (Wildman–Crippen LogP) is 3.73. The van der Waals surface area contributed by atoms with Crippen molar-refractivity contribution in [2.75, 3.05) is 16.8 Å². The van der Waals surface area contributed by atoms with Crippen molar-refractivity contribution in [3.05, 3.63) is 36.4 Å². The maximum atomic E-state index is 12.0. The molecule has 2 aromatic heterocycles. The molecule has 24 heavy (non-hydrogen) atoms. The normalized spacial score (nSPS) is 10.9. The lowest BCUT2D eigenvalue weighted by Crippen LogP contribution is -2.13. The molecule has 0 aliphatic heterocycles. The van der Waals surface area contributed by atoms with Crippen molar-refractivity contribution in [2.45, 2.75) is 16.4 Å². The first-order valence-electron chi connectivity index (χ1n) is 7.10. The van der Waals surface area contributed by atoms with Crippen LogP contribution in [0.25, 0.3) is 11.0 Å². The largest absolute Gasteiger partial charge is 0.333 e. The summed E-state index contributed by atoms with van der Waals surface area (Å²) in [5, 5.41) is 12.0. The average molecular weight is 378 g/mol. The van der Waals surface area contributed by atoms with Crippen LogP contribution in [-0.2, 0) is 4.79 Å². The first-order valence-corrected chi connectivity index (χ1v) is 9.89. The molecular formula is C15H15N5OS3. The van der Waals surface area contributed by atoms with Crippen molar-refractivity contribution in [2.24, 2.45) is 0 Å². The van der Waals surface area contributed by atoms with Gasteiger partial charge in [0.25, 0.3) is 0 Å². The number of benzene rings is 1. The maximum absolute atomic E-state index is 12.0. The molecule has 124 valence electrons. The summed E-state index contributed by atoms with van der Waals surface area (Å²) in [5.74, 6) is 0.894. The monoisotopic (exact) mass is 377 g/mol. The molecule has 9 heteroatoms. The maximum Gasteiger partial charge on any atom is 0.236 e. The zero-order valence-electron chi connectivity index (χ0n) is 12.9. The van der Waals surface area contributed by atoms with E-state index in [0.29, 0.717) is 5.13 Å². The number of nitrogens with zero attached hydrogens (tertiary/aromatic N) is 3. The Labute approximate surface area is 151 Å². The predicted molar refractivity (Wildman–Crippen MR) is 101 cm³/mol. The van der Waals surface area contributed by atoms with Crippen LogP contribution in [0.1, 0.15) is 5.56 Å². The van der Waals surface area contributed by atoms with Crippen LogP contribution in [0.4, 0.5) is 5.13 Å². The first kappa shape index (κ1) is 17.0. The number of H-pyrrole nitrogens is 1. The van der Waals surface area contributed by atoms with Crippen LogP contribution < -0.4 is 5.32 Å². The second-order valence-corrected chi connectivity index (χ2v) is 8.08.